The lowest BCUT2D eigenvalue weighted by Crippen LogP contribution is -2.46. The molecule has 0 radical (unpaired) electrons. The van der Waals surface area contributed by atoms with Crippen LogP contribution < -0.4 is 4.90 Å². The van der Waals surface area contributed by atoms with Gasteiger partial charge in [0.25, 0.3) is 11.8 Å². The fraction of sp³-hybridized carbons (Fsp3) is 0.625. The van der Waals surface area contributed by atoms with Crippen molar-refractivity contribution in [1.29, 1.82) is 0 Å². The monoisotopic (exact) mass is 425 g/mol. The highest BCUT2D eigenvalue weighted by molar-refractivity contribution is 6.23. The van der Waals surface area contributed by atoms with Gasteiger partial charge in [-0.3, -0.25) is 19.3 Å². The molecular formula is C24H31N3O4. The van der Waals surface area contributed by atoms with E-state index in [0.717, 1.165) is 63.8 Å². The maximum absolute atomic E-state index is 13.3. The van der Waals surface area contributed by atoms with Crippen LogP contribution in [0.4, 0.5) is 5.69 Å². The Balaban J connectivity index is 1.35. The molecule has 5 rings (SSSR count). The summed E-state index contributed by atoms with van der Waals surface area (Å²) in [6.45, 7) is 4.15. The molecule has 0 spiro atoms. The summed E-state index contributed by atoms with van der Waals surface area (Å²) < 4.78 is 5.66. The number of imide groups is 1. The summed E-state index contributed by atoms with van der Waals surface area (Å²) in [5.41, 5.74) is 1.77. The second-order valence-electron chi connectivity index (χ2n) is 9.23. The molecule has 3 fully saturated rings. The van der Waals surface area contributed by atoms with Gasteiger partial charge in [-0.15, -0.1) is 0 Å². The van der Waals surface area contributed by atoms with Gasteiger partial charge in [0.1, 0.15) is 0 Å². The molecule has 0 bridgehead atoms. The normalized spacial score (nSPS) is 26.5. The van der Waals surface area contributed by atoms with Gasteiger partial charge in [0.2, 0.25) is 5.91 Å². The van der Waals surface area contributed by atoms with Gasteiger partial charge in [-0.2, -0.15) is 0 Å². The van der Waals surface area contributed by atoms with Crippen LogP contribution in [0.2, 0.25) is 0 Å². The van der Waals surface area contributed by atoms with Crippen molar-refractivity contribution < 1.29 is 19.1 Å². The largest absolute Gasteiger partial charge is 0.376 e. The van der Waals surface area contributed by atoms with Crippen LogP contribution in [0.15, 0.2) is 18.2 Å². The Morgan fingerprint density at radius 2 is 1.81 bits per heavy atom. The molecule has 0 aromatic heterocycles. The van der Waals surface area contributed by atoms with Gasteiger partial charge in [0.15, 0.2) is 0 Å². The summed E-state index contributed by atoms with van der Waals surface area (Å²) in [7, 11) is 0. The fourth-order valence-corrected chi connectivity index (χ4v) is 5.51. The van der Waals surface area contributed by atoms with Gasteiger partial charge < -0.3 is 14.5 Å². The second-order valence-corrected chi connectivity index (χ2v) is 9.23. The van der Waals surface area contributed by atoms with Crippen LogP contribution in [0, 0.1) is 5.92 Å². The first-order valence-corrected chi connectivity index (χ1v) is 11.8. The molecule has 4 aliphatic heterocycles. The maximum Gasteiger partial charge on any atom is 0.263 e. The van der Waals surface area contributed by atoms with Crippen LogP contribution in [0.3, 0.4) is 0 Å². The number of hydrogen-bond donors (Lipinski definition) is 0. The van der Waals surface area contributed by atoms with Crippen molar-refractivity contribution in [1.82, 2.24) is 9.80 Å². The zero-order valence-corrected chi connectivity index (χ0v) is 18.1. The number of hydrogen-bond acceptors (Lipinski definition) is 5. The molecule has 0 N–H and O–H groups in total. The molecule has 0 unspecified atom stereocenters. The summed E-state index contributed by atoms with van der Waals surface area (Å²) in [5.74, 6) is -0.247. The van der Waals surface area contributed by atoms with Crippen molar-refractivity contribution in [3.63, 3.8) is 0 Å². The van der Waals surface area contributed by atoms with Crippen LogP contribution in [-0.2, 0) is 9.53 Å². The van der Waals surface area contributed by atoms with Crippen LogP contribution in [0.25, 0.3) is 0 Å². The number of carbonyl (C=O) groups is 3. The number of rotatable bonds is 4. The van der Waals surface area contributed by atoms with Gasteiger partial charge in [0.05, 0.1) is 35.4 Å². The molecule has 0 aliphatic carbocycles. The van der Waals surface area contributed by atoms with Gasteiger partial charge in [-0.05, 0) is 57.1 Å². The molecule has 166 valence electrons. The molecule has 31 heavy (non-hydrogen) atoms. The standard InChI is InChI=1S/C24H31N3O4/c28-22(25-11-2-1-3-12-25)17-7-5-13-26(15-17)20-10-4-9-19-21(20)24(30)27(23(19)29)16-18-8-6-14-31-18/h4,9-10,17-18H,1-3,5-8,11-16H2/t17-,18+/m1/s1. The average Bonchev–Trinajstić information content (AvgIpc) is 3.42. The smallest absolute Gasteiger partial charge is 0.263 e. The lowest BCUT2D eigenvalue weighted by molar-refractivity contribution is -0.136. The molecule has 1 aromatic rings. The van der Waals surface area contributed by atoms with Crippen molar-refractivity contribution in [3.8, 4) is 0 Å². The van der Waals surface area contributed by atoms with Crippen molar-refractivity contribution >= 4 is 23.4 Å². The molecule has 2 atom stereocenters. The molecule has 3 saturated heterocycles. The number of amides is 3. The number of piperidine rings is 2. The summed E-state index contributed by atoms with van der Waals surface area (Å²) in [4.78, 5) is 44.8. The number of carbonyl (C=O) groups excluding carboxylic acids is 3. The lowest BCUT2D eigenvalue weighted by atomic mass is 9.94. The van der Waals surface area contributed by atoms with Gasteiger partial charge in [-0.25, -0.2) is 0 Å². The van der Waals surface area contributed by atoms with Crippen LogP contribution >= 0.6 is 0 Å². The summed E-state index contributed by atoms with van der Waals surface area (Å²) >= 11 is 0. The number of nitrogens with zero attached hydrogens (tertiary/aromatic N) is 3. The minimum Gasteiger partial charge on any atom is -0.376 e. The first-order chi connectivity index (χ1) is 15.1. The van der Waals surface area contributed by atoms with Crippen molar-refractivity contribution in [2.24, 2.45) is 5.92 Å². The number of ether oxygens (including phenoxy) is 1. The number of likely N-dealkylation sites (tertiary alicyclic amines) is 1. The minimum absolute atomic E-state index is 0.0436. The zero-order chi connectivity index (χ0) is 21.4. The van der Waals surface area contributed by atoms with E-state index in [2.05, 4.69) is 4.90 Å². The Morgan fingerprint density at radius 3 is 2.58 bits per heavy atom. The Kier molecular flexibility index (Phi) is 5.69. The predicted octanol–water partition coefficient (Wildman–Crippen LogP) is 2.69. The highest BCUT2D eigenvalue weighted by atomic mass is 16.5. The molecule has 4 heterocycles. The van der Waals surface area contributed by atoms with E-state index in [-0.39, 0.29) is 29.7 Å². The van der Waals surface area contributed by atoms with Crippen molar-refractivity contribution in [2.45, 2.75) is 51.0 Å². The molecule has 7 heteroatoms. The van der Waals surface area contributed by atoms with Crippen molar-refractivity contribution in [2.75, 3.05) is 44.2 Å². The zero-order valence-electron chi connectivity index (χ0n) is 18.1. The Morgan fingerprint density at radius 1 is 0.968 bits per heavy atom. The average molecular weight is 426 g/mol. The summed E-state index contributed by atoms with van der Waals surface area (Å²) in [5, 5.41) is 0. The maximum atomic E-state index is 13.3. The topological polar surface area (TPSA) is 70.2 Å². The first kappa shape index (κ1) is 20.5. The summed E-state index contributed by atoms with van der Waals surface area (Å²) in [6, 6.07) is 5.52. The van der Waals surface area contributed by atoms with E-state index in [4.69, 9.17) is 4.74 Å². The first-order valence-electron chi connectivity index (χ1n) is 11.8. The van der Waals surface area contributed by atoms with Crippen LogP contribution in [0.1, 0.15) is 65.7 Å². The van der Waals surface area contributed by atoms with Gasteiger partial charge in [0, 0.05) is 32.8 Å². The third-order valence-electron chi connectivity index (χ3n) is 7.17. The lowest BCUT2D eigenvalue weighted by Gasteiger charge is -2.37. The molecule has 7 nitrogen and oxygen atoms in total. The van der Waals surface area contributed by atoms with E-state index in [9.17, 15) is 14.4 Å². The minimum atomic E-state index is -0.227. The number of fused-ring (bicyclic) bond motifs is 1. The van der Waals surface area contributed by atoms with Crippen LogP contribution in [-0.4, -0.2) is 73.0 Å². The third kappa shape index (κ3) is 3.84. The third-order valence-corrected chi connectivity index (χ3v) is 7.17. The summed E-state index contributed by atoms with van der Waals surface area (Å²) in [6.07, 6.45) is 6.97. The molecule has 1 aromatic carbocycles. The second kappa shape index (κ2) is 8.61. The van der Waals surface area contributed by atoms with E-state index >= 15 is 0 Å². The molecule has 4 aliphatic rings. The molecule has 0 saturated carbocycles. The van der Waals surface area contributed by atoms with Crippen molar-refractivity contribution in [3.05, 3.63) is 29.3 Å². The van der Waals surface area contributed by atoms with Gasteiger partial charge >= 0.3 is 0 Å². The van der Waals surface area contributed by atoms with Crippen LogP contribution in [0.5, 0.6) is 0 Å². The SMILES string of the molecule is O=C([C@@H]1CCCN(c2cccc3c2C(=O)N(C[C@@H]2CCCO2)C3=O)C1)N1CCCCC1. The Labute approximate surface area is 183 Å². The van der Waals surface area contributed by atoms with E-state index < -0.39 is 0 Å². The quantitative estimate of drug-likeness (QED) is 0.694. The Hall–Kier alpha value is -2.41. The van der Waals surface area contributed by atoms with E-state index in [1.807, 2.05) is 17.0 Å². The number of benzene rings is 1. The highest BCUT2D eigenvalue weighted by Gasteiger charge is 2.41. The predicted molar refractivity (Wildman–Crippen MR) is 116 cm³/mol. The number of anilines is 1. The Bertz CT molecular complexity index is 874. The van der Waals surface area contributed by atoms with E-state index in [0.29, 0.717) is 30.8 Å². The molecule has 3 amide bonds. The molecular weight excluding hydrogens is 394 g/mol. The van der Waals surface area contributed by atoms with E-state index in [1.54, 1.807) is 6.07 Å². The van der Waals surface area contributed by atoms with E-state index in [1.165, 1.54) is 11.3 Å². The van der Waals surface area contributed by atoms with Gasteiger partial charge in [-0.1, -0.05) is 6.07 Å². The fourth-order valence-electron chi connectivity index (χ4n) is 5.51. The highest BCUT2D eigenvalue weighted by Crippen LogP contribution is 2.35.